The Morgan fingerprint density at radius 3 is 2.59 bits per heavy atom. The Labute approximate surface area is 197 Å². The maximum atomic E-state index is 13.7. The number of carbonyl (C=O) groups excluding carboxylic acids is 1. The Morgan fingerprint density at radius 2 is 1.85 bits per heavy atom. The minimum absolute atomic E-state index is 0.119. The van der Waals surface area contributed by atoms with E-state index in [0.717, 1.165) is 33.9 Å². The summed E-state index contributed by atoms with van der Waals surface area (Å²) in [6.07, 6.45) is 1.61. The van der Waals surface area contributed by atoms with Gasteiger partial charge in [-0.05, 0) is 55.3 Å². The molecule has 3 heterocycles. The van der Waals surface area contributed by atoms with E-state index in [1.807, 2.05) is 61.9 Å². The van der Waals surface area contributed by atoms with Gasteiger partial charge in [-0.1, -0.05) is 37.3 Å². The molecule has 0 radical (unpaired) electrons. The van der Waals surface area contributed by atoms with Crippen LogP contribution in [0.1, 0.15) is 41.1 Å². The van der Waals surface area contributed by atoms with E-state index in [9.17, 15) is 9.18 Å². The van der Waals surface area contributed by atoms with E-state index in [-0.39, 0.29) is 17.6 Å². The molecule has 7 heteroatoms. The van der Waals surface area contributed by atoms with Gasteiger partial charge in [0.25, 0.3) is 0 Å². The second kappa shape index (κ2) is 8.74. The van der Waals surface area contributed by atoms with E-state index in [2.05, 4.69) is 10.4 Å². The SMILES string of the molecule is Cc1nn(Cc2ccc(F)cc2)c(C)c1NC(=O)C1c2ccccc2N=C(c2ccco2)C1C. The summed E-state index contributed by atoms with van der Waals surface area (Å²) in [5, 5.41) is 7.75. The molecule has 0 aliphatic carbocycles. The molecule has 2 atom stereocenters. The number of benzene rings is 2. The Kier molecular flexibility index (Phi) is 5.61. The number of aryl methyl sites for hydroxylation is 1. The molecule has 1 aliphatic heterocycles. The van der Waals surface area contributed by atoms with Gasteiger partial charge in [-0.3, -0.25) is 9.48 Å². The molecular weight excluding hydrogens is 431 g/mol. The van der Waals surface area contributed by atoms with Crippen molar-refractivity contribution < 1.29 is 13.6 Å². The topological polar surface area (TPSA) is 72.4 Å². The van der Waals surface area contributed by atoms with E-state index < -0.39 is 5.92 Å². The first kappa shape index (κ1) is 21.8. The van der Waals surface area contributed by atoms with Gasteiger partial charge in [-0.15, -0.1) is 0 Å². The summed E-state index contributed by atoms with van der Waals surface area (Å²) in [5.41, 5.74) is 5.60. The predicted molar refractivity (Wildman–Crippen MR) is 129 cm³/mol. The monoisotopic (exact) mass is 456 g/mol. The lowest BCUT2D eigenvalue weighted by atomic mass is 9.79. The van der Waals surface area contributed by atoms with E-state index in [1.54, 1.807) is 18.4 Å². The second-order valence-corrected chi connectivity index (χ2v) is 8.62. The summed E-state index contributed by atoms with van der Waals surface area (Å²) in [6.45, 7) is 6.28. The van der Waals surface area contributed by atoms with Crippen LogP contribution in [0.5, 0.6) is 0 Å². The quantitative estimate of drug-likeness (QED) is 0.414. The molecule has 1 aliphatic rings. The summed E-state index contributed by atoms with van der Waals surface area (Å²) >= 11 is 0. The van der Waals surface area contributed by atoms with Crippen LogP contribution in [0, 0.1) is 25.6 Å². The molecule has 0 spiro atoms. The van der Waals surface area contributed by atoms with E-state index in [1.165, 1.54) is 12.1 Å². The van der Waals surface area contributed by atoms with Gasteiger partial charge in [0.1, 0.15) is 11.6 Å². The molecule has 0 fully saturated rings. The van der Waals surface area contributed by atoms with Crippen molar-refractivity contribution in [2.24, 2.45) is 10.9 Å². The van der Waals surface area contributed by atoms with Gasteiger partial charge in [0.15, 0.2) is 0 Å². The summed E-state index contributed by atoms with van der Waals surface area (Å²) in [7, 11) is 0. The molecule has 0 saturated heterocycles. The minimum atomic E-state index is -0.437. The number of para-hydroxylation sites is 1. The van der Waals surface area contributed by atoms with Crippen molar-refractivity contribution in [2.45, 2.75) is 33.2 Å². The van der Waals surface area contributed by atoms with Crippen LogP contribution in [-0.2, 0) is 11.3 Å². The number of furan rings is 1. The van der Waals surface area contributed by atoms with Gasteiger partial charge < -0.3 is 9.73 Å². The molecule has 2 unspecified atom stereocenters. The number of nitrogens with one attached hydrogen (secondary N) is 1. The molecule has 0 saturated carbocycles. The van der Waals surface area contributed by atoms with Crippen molar-refractivity contribution in [2.75, 3.05) is 5.32 Å². The van der Waals surface area contributed by atoms with Crippen molar-refractivity contribution in [3.63, 3.8) is 0 Å². The van der Waals surface area contributed by atoms with Gasteiger partial charge in [-0.2, -0.15) is 5.10 Å². The Hall–Kier alpha value is -4.00. The van der Waals surface area contributed by atoms with Crippen molar-refractivity contribution in [1.29, 1.82) is 0 Å². The number of hydrogen-bond acceptors (Lipinski definition) is 4. The van der Waals surface area contributed by atoms with Gasteiger partial charge in [0.2, 0.25) is 5.91 Å². The zero-order valence-electron chi connectivity index (χ0n) is 19.2. The van der Waals surface area contributed by atoms with Crippen molar-refractivity contribution in [3.05, 3.63) is 101 Å². The number of rotatable bonds is 5. The van der Waals surface area contributed by atoms with Crippen molar-refractivity contribution in [1.82, 2.24) is 9.78 Å². The normalized spacial score (nSPS) is 17.2. The zero-order chi connectivity index (χ0) is 23.8. The van der Waals surface area contributed by atoms with Crippen LogP contribution < -0.4 is 5.32 Å². The van der Waals surface area contributed by atoms with Gasteiger partial charge in [-0.25, -0.2) is 9.38 Å². The van der Waals surface area contributed by atoms with Gasteiger partial charge >= 0.3 is 0 Å². The molecule has 1 amide bonds. The molecule has 2 aromatic heterocycles. The highest BCUT2D eigenvalue weighted by Gasteiger charge is 2.37. The maximum absolute atomic E-state index is 13.7. The molecule has 2 aromatic carbocycles. The number of aliphatic imine (C=N–C) groups is 1. The first-order chi connectivity index (χ1) is 16.4. The summed E-state index contributed by atoms with van der Waals surface area (Å²) in [5.74, 6) is -0.348. The largest absolute Gasteiger partial charge is 0.463 e. The Balaban J connectivity index is 1.44. The van der Waals surface area contributed by atoms with Crippen LogP contribution in [0.2, 0.25) is 0 Å². The Morgan fingerprint density at radius 1 is 1.09 bits per heavy atom. The molecule has 34 heavy (non-hydrogen) atoms. The maximum Gasteiger partial charge on any atom is 0.232 e. The third-order valence-electron chi connectivity index (χ3n) is 6.38. The highest BCUT2D eigenvalue weighted by molar-refractivity contribution is 6.09. The second-order valence-electron chi connectivity index (χ2n) is 8.62. The number of fused-ring (bicyclic) bond motifs is 1. The molecule has 4 aromatic rings. The van der Waals surface area contributed by atoms with Crippen LogP contribution in [-0.4, -0.2) is 21.4 Å². The summed E-state index contributed by atoms with van der Waals surface area (Å²) in [4.78, 5) is 18.5. The fourth-order valence-electron chi connectivity index (χ4n) is 4.58. The highest BCUT2D eigenvalue weighted by Crippen LogP contribution is 2.40. The average molecular weight is 457 g/mol. The third kappa shape index (κ3) is 3.94. The van der Waals surface area contributed by atoms with Crippen molar-refractivity contribution >= 4 is 23.0 Å². The predicted octanol–water partition coefficient (Wildman–Crippen LogP) is 5.77. The van der Waals surface area contributed by atoms with E-state index in [4.69, 9.17) is 9.41 Å². The van der Waals surface area contributed by atoms with E-state index >= 15 is 0 Å². The van der Waals surface area contributed by atoms with Crippen LogP contribution in [0.3, 0.4) is 0 Å². The molecule has 6 nitrogen and oxygen atoms in total. The standard InChI is InChI=1S/C27H25FN4O2/c1-16-24(21-7-4-5-8-22(21)29-25(16)23-9-6-14-34-23)27(33)30-26-17(2)31-32(18(26)3)15-19-10-12-20(28)13-11-19/h4-14,16,24H,15H2,1-3H3,(H,30,33). The zero-order valence-corrected chi connectivity index (χ0v) is 19.2. The molecule has 1 N–H and O–H groups in total. The van der Waals surface area contributed by atoms with Crippen molar-refractivity contribution in [3.8, 4) is 0 Å². The fourth-order valence-corrected chi connectivity index (χ4v) is 4.58. The molecule has 5 rings (SSSR count). The lowest BCUT2D eigenvalue weighted by molar-refractivity contribution is -0.118. The minimum Gasteiger partial charge on any atom is -0.463 e. The van der Waals surface area contributed by atoms with Crippen LogP contribution >= 0.6 is 0 Å². The first-order valence-corrected chi connectivity index (χ1v) is 11.2. The smallest absolute Gasteiger partial charge is 0.232 e. The molecular formula is C27H25FN4O2. The van der Waals surface area contributed by atoms with E-state index in [0.29, 0.717) is 18.0 Å². The van der Waals surface area contributed by atoms with Crippen LogP contribution in [0.25, 0.3) is 0 Å². The number of hydrogen-bond donors (Lipinski definition) is 1. The lowest BCUT2D eigenvalue weighted by Gasteiger charge is -2.29. The summed E-state index contributed by atoms with van der Waals surface area (Å²) < 4.78 is 20.7. The Bertz CT molecular complexity index is 1370. The first-order valence-electron chi connectivity index (χ1n) is 11.2. The number of carbonyl (C=O) groups is 1. The lowest BCUT2D eigenvalue weighted by Crippen LogP contribution is -2.33. The number of nitrogens with zero attached hydrogens (tertiary/aromatic N) is 3. The van der Waals surface area contributed by atoms with Gasteiger partial charge in [0.05, 0.1) is 47.2 Å². The fraction of sp³-hybridized carbons (Fsp3) is 0.222. The number of amides is 1. The molecule has 172 valence electrons. The summed E-state index contributed by atoms with van der Waals surface area (Å²) in [6, 6.07) is 17.7. The van der Waals surface area contributed by atoms with Gasteiger partial charge in [0, 0.05) is 5.92 Å². The third-order valence-corrected chi connectivity index (χ3v) is 6.38. The average Bonchev–Trinajstić information content (AvgIpc) is 3.45. The number of aromatic nitrogens is 2. The van der Waals surface area contributed by atoms with Crippen LogP contribution in [0.4, 0.5) is 15.8 Å². The number of halogens is 1. The number of anilines is 1. The highest BCUT2D eigenvalue weighted by atomic mass is 19.1. The molecule has 0 bridgehead atoms. The van der Waals surface area contributed by atoms with Crippen LogP contribution in [0.15, 0.2) is 76.3 Å².